The van der Waals surface area contributed by atoms with Crippen molar-refractivity contribution in [3.63, 3.8) is 0 Å². The smallest absolute Gasteiger partial charge is 0.382 e. The second-order valence-corrected chi connectivity index (χ2v) is 2.61. The van der Waals surface area contributed by atoms with Crippen LogP contribution in [0.3, 0.4) is 0 Å². The van der Waals surface area contributed by atoms with Gasteiger partial charge in [-0.2, -0.15) is 0 Å². The van der Waals surface area contributed by atoms with Gasteiger partial charge in [0.25, 0.3) is 0 Å². The number of ether oxygens (including phenoxy) is 2. The topological polar surface area (TPSA) is 103 Å². The van der Waals surface area contributed by atoms with E-state index in [2.05, 4.69) is 13.9 Å². The molecule has 0 aliphatic carbocycles. The Morgan fingerprint density at radius 3 is 2.59 bits per heavy atom. The van der Waals surface area contributed by atoms with Crippen molar-refractivity contribution in [2.24, 2.45) is 0 Å². The van der Waals surface area contributed by atoms with Crippen molar-refractivity contribution in [2.45, 2.75) is 0 Å². The molecule has 0 spiro atoms. The molecule has 1 aromatic heterocycles. The van der Waals surface area contributed by atoms with E-state index in [9.17, 15) is 14.4 Å². The summed E-state index contributed by atoms with van der Waals surface area (Å²) in [6.45, 7) is -0.802. The summed E-state index contributed by atoms with van der Waals surface area (Å²) in [6.07, 6.45) is 2.66. The van der Waals surface area contributed by atoms with Gasteiger partial charge in [0, 0.05) is 12.2 Å². The lowest BCUT2D eigenvalue weighted by Crippen LogP contribution is -2.10. The van der Waals surface area contributed by atoms with Gasteiger partial charge in [0.1, 0.15) is 0 Å². The van der Waals surface area contributed by atoms with Crippen LogP contribution in [-0.2, 0) is 19.1 Å². The fraction of sp³-hybridized carbons (Fsp3) is 0.100. The number of carbonyl (C=O) groups is 3. The highest BCUT2D eigenvalue weighted by Crippen LogP contribution is 2.02. The van der Waals surface area contributed by atoms with Crippen molar-refractivity contribution >= 4 is 17.9 Å². The molecular formula is C10H8O7. The van der Waals surface area contributed by atoms with Crippen LogP contribution in [0.1, 0.15) is 10.6 Å². The fourth-order valence-electron chi connectivity index (χ4n) is 0.818. The highest BCUT2D eigenvalue weighted by atomic mass is 16.6. The monoisotopic (exact) mass is 240 g/mol. The third kappa shape index (κ3) is 4.31. The number of esters is 3. The molecule has 1 aromatic rings. The number of aliphatic hydroxyl groups is 1. The fourth-order valence-corrected chi connectivity index (χ4v) is 0.818. The Balaban J connectivity index is 2.45. The average molecular weight is 240 g/mol. The van der Waals surface area contributed by atoms with Crippen LogP contribution >= 0.6 is 0 Å². The Hall–Kier alpha value is -2.41. The highest BCUT2D eigenvalue weighted by molar-refractivity contribution is 6.00. The summed E-state index contributed by atoms with van der Waals surface area (Å²) >= 11 is 0. The van der Waals surface area contributed by atoms with Gasteiger partial charge in [-0.25, -0.2) is 14.4 Å². The molecule has 0 radical (unpaired) electrons. The maximum absolute atomic E-state index is 11.2. The van der Waals surface area contributed by atoms with Crippen LogP contribution in [0, 0.1) is 0 Å². The van der Waals surface area contributed by atoms with Gasteiger partial charge in [0.15, 0.2) is 6.79 Å². The first-order chi connectivity index (χ1) is 8.13. The molecule has 1 rings (SSSR count). The maximum atomic E-state index is 11.2. The van der Waals surface area contributed by atoms with Gasteiger partial charge in [0.05, 0.1) is 6.26 Å². The minimum absolute atomic E-state index is 0.135. The third-order valence-corrected chi connectivity index (χ3v) is 1.48. The lowest BCUT2D eigenvalue weighted by molar-refractivity contribution is -0.146. The summed E-state index contributed by atoms with van der Waals surface area (Å²) in [5, 5.41) is 8.21. The second kappa shape index (κ2) is 6.23. The molecule has 0 aliphatic heterocycles. The number of carbonyl (C=O) groups excluding carboxylic acids is 3. The van der Waals surface area contributed by atoms with Gasteiger partial charge in [-0.1, -0.05) is 0 Å². The first kappa shape index (κ1) is 12.7. The molecule has 0 bridgehead atoms. The van der Waals surface area contributed by atoms with Crippen LogP contribution in [0.2, 0.25) is 0 Å². The molecule has 7 nitrogen and oxygen atoms in total. The minimum Gasteiger partial charge on any atom is -0.457 e. The van der Waals surface area contributed by atoms with Crippen LogP contribution in [0.25, 0.3) is 0 Å². The van der Waals surface area contributed by atoms with Crippen LogP contribution in [0.5, 0.6) is 0 Å². The summed E-state index contributed by atoms with van der Waals surface area (Å²) in [4.78, 5) is 32.9. The Morgan fingerprint density at radius 2 is 2.00 bits per heavy atom. The zero-order chi connectivity index (χ0) is 12.7. The Kier molecular flexibility index (Phi) is 4.64. The van der Waals surface area contributed by atoms with Gasteiger partial charge in [-0.15, -0.1) is 0 Å². The summed E-state index contributed by atoms with van der Waals surface area (Å²) in [6, 6.07) is 2.77. The molecule has 7 heteroatoms. The molecule has 0 atom stereocenters. The molecule has 1 N–H and O–H groups in total. The molecule has 0 fully saturated rings. The summed E-state index contributed by atoms with van der Waals surface area (Å²) < 4.78 is 13.1. The highest BCUT2D eigenvalue weighted by Gasteiger charge is 2.13. The van der Waals surface area contributed by atoms with E-state index >= 15 is 0 Å². The molecule has 0 unspecified atom stereocenters. The average Bonchev–Trinajstić information content (AvgIpc) is 2.80. The van der Waals surface area contributed by atoms with E-state index < -0.39 is 24.7 Å². The van der Waals surface area contributed by atoms with Crippen molar-refractivity contribution < 1.29 is 33.4 Å². The molecule has 0 saturated carbocycles. The number of furan rings is 1. The van der Waals surface area contributed by atoms with Crippen molar-refractivity contribution in [3.8, 4) is 0 Å². The van der Waals surface area contributed by atoms with E-state index in [0.29, 0.717) is 12.2 Å². The summed E-state index contributed by atoms with van der Waals surface area (Å²) in [7, 11) is 0. The molecule has 17 heavy (non-hydrogen) atoms. The predicted octanol–water partition coefficient (Wildman–Crippen LogP) is 0.0122. The first-order valence-electron chi connectivity index (χ1n) is 4.39. The molecule has 0 amide bonds. The molecule has 0 aromatic carbocycles. The van der Waals surface area contributed by atoms with Crippen LogP contribution in [-0.4, -0.2) is 29.8 Å². The van der Waals surface area contributed by atoms with E-state index in [1.54, 1.807) is 0 Å². The summed E-state index contributed by atoms with van der Waals surface area (Å²) in [5.74, 6) is -3.10. The van der Waals surface area contributed by atoms with Crippen LogP contribution in [0.15, 0.2) is 35.0 Å². The van der Waals surface area contributed by atoms with Crippen LogP contribution in [0.4, 0.5) is 0 Å². The van der Waals surface area contributed by atoms with Gasteiger partial charge in [-0.3, -0.25) is 0 Å². The Morgan fingerprint density at radius 1 is 1.29 bits per heavy atom. The van der Waals surface area contributed by atoms with E-state index in [1.165, 1.54) is 18.4 Å². The largest absolute Gasteiger partial charge is 0.457 e. The second-order valence-electron chi connectivity index (χ2n) is 2.61. The van der Waals surface area contributed by atoms with Gasteiger partial charge >= 0.3 is 17.9 Å². The molecule has 0 aliphatic rings. The number of rotatable bonds is 4. The third-order valence-electron chi connectivity index (χ3n) is 1.48. The van der Waals surface area contributed by atoms with Crippen molar-refractivity contribution in [1.29, 1.82) is 0 Å². The van der Waals surface area contributed by atoms with Crippen molar-refractivity contribution in [3.05, 3.63) is 36.3 Å². The lowest BCUT2D eigenvalue weighted by Gasteiger charge is -1.96. The van der Waals surface area contributed by atoms with Gasteiger partial charge < -0.3 is 19.0 Å². The van der Waals surface area contributed by atoms with Gasteiger partial charge in [0.2, 0.25) is 5.76 Å². The maximum Gasteiger partial charge on any atom is 0.382 e. The zero-order valence-electron chi connectivity index (χ0n) is 8.49. The number of aliphatic hydroxyl groups excluding tert-OH is 1. The molecule has 90 valence electrons. The normalized spacial score (nSPS) is 10.2. The molecular weight excluding hydrogens is 232 g/mol. The zero-order valence-corrected chi connectivity index (χ0v) is 8.49. The number of hydrogen-bond acceptors (Lipinski definition) is 7. The quantitative estimate of drug-likeness (QED) is 0.342. The van der Waals surface area contributed by atoms with Crippen molar-refractivity contribution in [2.75, 3.05) is 6.79 Å². The SMILES string of the molecule is O=C(/C=C\C(=O)OC(=O)c1ccco1)OCO. The van der Waals surface area contributed by atoms with E-state index in [0.717, 1.165) is 0 Å². The summed E-state index contributed by atoms with van der Waals surface area (Å²) in [5.41, 5.74) is 0. The van der Waals surface area contributed by atoms with E-state index in [1.807, 2.05) is 0 Å². The van der Waals surface area contributed by atoms with Crippen molar-refractivity contribution in [1.82, 2.24) is 0 Å². The Bertz CT molecular complexity index is 430. The standard InChI is InChI=1S/C10H8O7/c11-6-16-8(12)3-4-9(13)17-10(14)7-2-1-5-15-7/h1-5,11H,6H2/b4-3-. The van der Waals surface area contributed by atoms with E-state index in [4.69, 9.17) is 5.11 Å². The predicted molar refractivity (Wildman–Crippen MR) is 51.4 cm³/mol. The first-order valence-corrected chi connectivity index (χ1v) is 4.39. The van der Waals surface area contributed by atoms with Crippen LogP contribution < -0.4 is 0 Å². The lowest BCUT2D eigenvalue weighted by atomic mass is 10.4. The number of hydrogen-bond donors (Lipinski definition) is 1. The Labute approximate surface area is 95.2 Å². The molecule has 0 saturated heterocycles. The molecule has 1 heterocycles. The van der Waals surface area contributed by atoms with Gasteiger partial charge in [-0.05, 0) is 12.1 Å². The minimum atomic E-state index is -1.05. The van der Waals surface area contributed by atoms with E-state index in [-0.39, 0.29) is 5.76 Å².